The molecule has 5 nitrogen and oxygen atoms in total. The number of nitrogens with zero attached hydrogens (tertiary/aromatic N) is 2. The van der Waals surface area contributed by atoms with E-state index in [-0.39, 0.29) is 6.04 Å². The van der Waals surface area contributed by atoms with Crippen molar-refractivity contribution in [2.75, 3.05) is 6.54 Å². The van der Waals surface area contributed by atoms with Crippen molar-refractivity contribution in [3.63, 3.8) is 0 Å². The lowest BCUT2D eigenvalue weighted by molar-refractivity contribution is 0.268. The molecular weight excluding hydrogens is 308 g/mol. The summed E-state index contributed by atoms with van der Waals surface area (Å²) >= 11 is 1.42. The van der Waals surface area contributed by atoms with E-state index in [2.05, 4.69) is 5.16 Å². The van der Waals surface area contributed by atoms with Gasteiger partial charge in [0.1, 0.15) is 0 Å². The fraction of sp³-hybridized carbons (Fsp3) is 0.500. The Bertz CT molecular complexity index is 719. The zero-order chi connectivity index (χ0) is 15.0. The van der Waals surface area contributed by atoms with E-state index in [4.69, 9.17) is 4.52 Å². The van der Waals surface area contributed by atoms with Gasteiger partial charge in [0.15, 0.2) is 5.76 Å². The number of aromatic nitrogens is 1. The standard InChI is InChI=1S/C14H18N2O3S2/c1-10-5-3-4-8-16(10)21(17,18)14-9-13(20-11(14)2)12-6-7-15-19-12/h6-7,9-10H,3-5,8H2,1-2H3. The van der Waals surface area contributed by atoms with Gasteiger partial charge in [-0.05, 0) is 32.8 Å². The van der Waals surface area contributed by atoms with E-state index in [0.717, 1.165) is 29.0 Å². The molecule has 114 valence electrons. The first-order valence-corrected chi connectivity index (χ1v) is 9.29. The van der Waals surface area contributed by atoms with Crippen molar-refractivity contribution < 1.29 is 12.9 Å². The molecule has 0 radical (unpaired) electrons. The van der Waals surface area contributed by atoms with Crippen LogP contribution in [0.1, 0.15) is 31.1 Å². The zero-order valence-corrected chi connectivity index (χ0v) is 13.7. The minimum atomic E-state index is -3.43. The SMILES string of the molecule is Cc1sc(-c2ccno2)cc1S(=O)(=O)N1CCCCC1C. The molecule has 0 amide bonds. The molecule has 0 aromatic carbocycles. The van der Waals surface area contributed by atoms with Crippen molar-refractivity contribution in [2.45, 2.75) is 44.0 Å². The van der Waals surface area contributed by atoms with Gasteiger partial charge in [-0.25, -0.2) is 8.42 Å². The number of hydrogen-bond donors (Lipinski definition) is 0. The van der Waals surface area contributed by atoms with Gasteiger partial charge < -0.3 is 4.52 Å². The lowest BCUT2D eigenvalue weighted by atomic mass is 10.1. The van der Waals surface area contributed by atoms with Gasteiger partial charge in [0, 0.05) is 23.5 Å². The smallest absolute Gasteiger partial charge is 0.244 e. The quantitative estimate of drug-likeness (QED) is 0.868. The third kappa shape index (κ3) is 2.65. The fourth-order valence-electron chi connectivity index (χ4n) is 2.74. The van der Waals surface area contributed by atoms with Crippen molar-refractivity contribution >= 4 is 21.4 Å². The topological polar surface area (TPSA) is 63.4 Å². The van der Waals surface area contributed by atoms with E-state index in [0.29, 0.717) is 17.2 Å². The van der Waals surface area contributed by atoms with Gasteiger partial charge in [-0.1, -0.05) is 11.6 Å². The molecule has 7 heteroatoms. The molecule has 0 saturated carbocycles. The summed E-state index contributed by atoms with van der Waals surface area (Å²) < 4.78 is 32.5. The Labute approximate surface area is 128 Å². The first-order valence-electron chi connectivity index (χ1n) is 7.03. The van der Waals surface area contributed by atoms with Gasteiger partial charge in [0.2, 0.25) is 10.0 Å². The number of hydrogen-bond acceptors (Lipinski definition) is 5. The summed E-state index contributed by atoms with van der Waals surface area (Å²) in [5.41, 5.74) is 0. The van der Waals surface area contributed by atoms with Gasteiger partial charge in [0.25, 0.3) is 0 Å². The van der Waals surface area contributed by atoms with Crippen LogP contribution < -0.4 is 0 Å². The molecule has 1 saturated heterocycles. The van der Waals surface area contributed by atoms with E-state index in [1.807, 2.05) is 13.8 Å². The minimum Gasteiger partial charge on any atom is -0.355 e. The Morgan fingerprint density at radius 2 is 2.24 bits per heavy atom. The van der Waals surface area contributed by atoms with Crippen LogP contribution in [0.25, 0.3) is 10.6 Å². The van der Waals surface area contributed by atoms with Crippen molar-refractivity contribution in [3.05, 3.63) is 23.2 Å². The molecule has 3 heterocycles. The average molecular weight is 326 g/mol. The van der Waals surface area contributed by atoms with E-state index >= 15 is 0 Å². The lowest BCUT2D eigenvalue weighted by Crippen LogP contribution is -2.41. The molecule has 21 heavy (non-hydrogen) atoms. The Morgan fingerprint density at radius 1 is 1.43 bits per heavy atom. The largest absolute Gasteiger partial charge is 0.355 e. The Hall–Kier alpha value is -1.18. The third-order valence-corrected chi connectivity index (χ3v) is 7.22. The summed E-state index contributed by atoms with van der Waals surface area (Å²) in [5.74, 6) is 0.608. The fourth-order valence-corrected chi connectivity index (χ4v) is 5.96. The summed E-state index contributed by atoms with van der Waals surface area (Å²) in [5, 5.41) is 3.67. The summed E-state index contributed by atoms with van der Waals surface area (Å²) in [7, 11) is -3.43. The zero-order valence-electron chi connectivity index (χ0n) is 12.1. The van der Waals surface area contributed by atoms with Crippen LogP contribution in [-0.4, -0.2) is 30.5 Å². The third-order valence-electron chi connectivity index (χ3n) is 3.88. The highest BCUT2D eigenvalue weighted by molar-refractivity contribution is 7.89. The first kappa shape index (κ1) is 14.7. The van der Waals surface area contributed by atoms with E-state index < -0.39 is 10.0 Å². The molecular formula is C14H18N2O3S2. The lowest BCUT2D eigenvalue weighted by Gasteiger charge is -2.32. The van der Waals surface area contributed by atoms with Crippen molar-refractivity contribution in [1.29, 1.82) is 0 Å². The number of sulfonamides is 1. The minimum absolute atomic E-state index is 0.0665. The maximum atomic E-state index is 12.9. The van der Waals surface area contributed by atoms with Crippen LogP contribution in [0, 0.1) is 6.92 Å². The van der Waals surface area contributed by atoms with Gasteiger partial charge in [-0.15, -0.1) is 11.3 Å². The first-order chi connectivity index (χ1) is 10.00. The van der Waals surface area contributed by atoms with E-state index in [1.165, 1.54) is 11.3 Å². The molecule has 3 rings (SSSR count). The van der Waals surface area contributed by atoms with Gasteiger partial charge in [0.05, 0.1) is 16.0 Å². The van der Waals surface area contributed by atoms with Crippen LogP contribution in [0.5, 0.6) is 0 Å². The molecule has 2 aromatic heterocycles. The molecule has 0 spiro atoms. The highest BCUT2D eigenvalue weighted by Gasteiger charge is 2.33. The van der Waals surface area contributed by atoms with E-state index in [1.54, 1.807) is 22.6 Å². The van der Waals surface area contributed by atoms with Gasteiger partial charge in [-0.2, -0.15) is 4.31 Å². The van der Waals surface area contributed by atoms with Crippen molar-refractivity contribution in [3.8, 4) is 10.6 Å². The maximum Gasteiger partial charge on any atom is 0.244 e. The van der Waals surface area contributed by atoms with Crippen LogP contribution >= 0.6 is 11.3 Å². The predicted molar refractivity (Wildman–Crippen MR) is 81.8 cm³/mol. The number of rotatable bonds is 3. The van der Waals surface area contributed by atoms with Crippen molar-refractivity contribution in [2.24, 2.45) is 0 Å². The summed E-state index contributed by atoms with van der Waals surface area (Å²) in [6.07, 6.45) is 4.52. The highest BCUT2D eigenvalue weighted by Crippen LogP contribution is 2.36. The highest BCUT2D eigenvalue weighted by atomic mass is 32.2. The second-order valence-electron chi connectivity index (χ2n) is 5.37. The Balaban J connectivity index is 1.99. The van der Waals surface area contributed by atoms with E-state index in [9.17, 15) is 8.42 Å². The molecule has 1 fully saturated rings. The number of piperidine rings is 1. The molecule has 1 aliphatic heterocycles. The molecule has 1 unspecified atom stereocenters. The van der Waals surface area contributed by atoms with Crippen molar-refractivity contribution in [1.82, 2.24) is 9.46 Å². The molecule has 1 atom stereocenters. The van der Waals surface area contributed by atoms with Crippen LogP contribution in [-0.2, 0) is 10.0 Å². The second-order valence-corrected chi connectivity index (χ2v) is 8.48. The Kier molecular flexibility index (Phi) is 3.90. The molecule has 0 N–H and O–H groups in total. The van der Waals surface area contributed by atoms with Crippen LogP contribution in [0.4, 0.5) is 0 Å². The average Bonchev–Trinajstić information content (AvgIpc) is 3.07. The maximum absolute atomic E-state index is 12.9. The second kappa shape index (κ2) is 5.55. The van der Waals surface area contributed by atoms with Gasteiger partial charge >= 0.3 is 0 Å². The molecule has 0 bridgehead atoms. The summed E-state index contributed by atoms with van der Waals surface area (Å²) in [6, 6.07) is 3.51. The predicted octanol–water partition coefficient (Wildman–Crippen LogP) is 3.27. The molecule has 1 aliphatic rings. The van der Waals surface area contributed by atoms with Gasteiger partial charge in [-0.3, -0.25) is 0 Å². The van der Waals surface area contributed by atoms with Crippen LogP contribution in [0.2, 0.25) is 0 Å². The molecule has 0 aliphatic carbocycles. The number of thiophene rings is 1. The summed E-state index contributed by atoms with van der Waals surface area (Å²) in [6.45, 7) is 4.43. The monoisotopic (exact) mass is 326 g/mol. The number of aryl methyl sites for hydroxylation is 1. The van der Waals surface area contributed by atoms with Crippen LogP contribution in [0.3, 0.4) is 0 Å². The summed E-state index contributed by atoms with van der Waals surface area (Å²) in [4.78, 5) is 1.99. The normalized spacial score (nSPS) is 20.8. The van der Waals surface area contributed by atoms with Crippen LogP contribution in [0.15, 0.2) is 27.7 Å². The molecule has 2 aromatic rings. The Morgan fingerprint density at radius 3 is 2.90 bits per heavy atom.